The van der Waals surface area contributed by atoms with Gasteiger partial charge in [0, 0.05) is 31.6 Å². The van der Waals surface area contributed by atoms with E-state index in [1.807, 2.05) is 4.90 Å². The van der Waals surface area contributed by atoms with Crippen LogP contribution in [0.3, 0.4) is 0 Å². The molecule has 9 nitrogen and oxygen atoms in total. The van der Waals surface area contributed by atoms with Crippen molar-refractivity contribution in [3.63, 3.8) is 0 Å². The van der Waals surface area contributed by atoms with E-state index in [0.29, 0.717) is 36.5 Å². The van der Waals surface area contributed by atoms with Gasteiger partial charge in [-0.3, -0.25) is 24.4 Å². The fourth-order valence-corrected chi connectivity index (χ4v) is 3.55. The summed E-state index contributed by atoms with van der Waals surface area (Å²) in [6, 6.07) is 7.00. The highest BCUT2D eigenvalue weighted by Gasteiger charge is 2.22. The zero-order valence-electron chi connectivity index (χ0n) is 16.7. The van der Waals surface area contributed by atoms with E-state index in [1.165, 1.54) is 0 Å². The molecule has 1 saturated heterocycles. The maximum atomic E-state index is 12.3. The molecule has 0 spiro atoms. The average molecular weight is 399 g/mol. The Balaban J connectivity index is 1.54. The molecule has 1 fully saturated rings. The van der Waals surface area contributed by atoms with Crippen LogP contribution < -0.4 is 5.32 Å². The number of benzene rings is 1. The number of nitrogens with one attached hydrogen (secondary N) is 1. The van der Waals surface area contributed by atoms with Crippen LogP contribution in [0.25, 0.3) is 0 Å². The summed E-state index contributed by atoms with van der Waals surface area (Å²) in [5.41, 5.74) is 2.29. The molecule has 3 rings (SSSR count). The smallest absolute Gasteiger partial charge is 0.312 e. The minimum absolute atomic E-state index is 0.0319. The number of aromatic nitrogens is 2. The van der Waals surface area contributed by atoms with E-state index < -0.39 is 4.92 Å². The largest absolute Gasteiger partial charge is 0.352 e. The Bertz CT molecular complexity index is 914. The molecule has 1 aliphatic heterocycles. The molecule has 1 aromatic heterocycles. The summed E-state index contributed by atoms with van der Waals surface area (Å²) < 4.78 is 1.59. The van der Waals surface area contributed by atoms with Gasteiger partial charge >= 0.3 is 5.69 Å². The standard InChI is InChI=1S/C20H25N5O4/c1-14-19(25(28)29)15(2)24(22-14)13-16-5-7-17(8-6-16)20(27)21-10-9-18(26)23-11-3-4-12-23/h5-8H,3-4,9-13H2,1-2H3,(H,21,27). The van der Waals surface area contributed by atoms with Crippen molar-refractivity contribution in [2.75, 3.05) is 19.6 Å². The number of rotatable bonds is 7. The molecule has 0 saturated carbocycles. The van der Waals surface area contributed by atoms with Gasteiger partial charge in [0.2, 0.25) is 5.91 Å². The molecule has 2 heterocycles. The summed E-state index contributed by atoms with van der Waals surface area (Å²) in [4.78, 5) is 36.8. The van der Waals surface area contributed by atoms with Crippen LogP contribution in [0.5, 0.6) is 0 Å². The van der Waals surface area contributed by atoms with Crippen LogP contribution in [0.4, 0.5) is 5.69 Å². The van der Waals surface area contributed by atoms with E-state index in [0.717, 1.165) is 31.5 Å². The lowest BCUT2D eigenvalue weighted by Crippen LogP contribution is -2.32. The first-order valence-corrected chi connectivity index (χ1v) is 9.70. The summed E-state index contributed by atoms with van der Waals surface area (Å²) in [6.07, 6.45) is 2.41. The Labute approximate surface area is 168 Å². The van der Waals surface area contributed by atoms with Gasteiger partial charge in [-0.2, -0.15) is 5.10 Å². The maximum Gasteiger partial charge on any atom is 0.312 e. The van der Waals surface area contributed by atoms with Crippen LogP contribution in [0.1, 0.15) is 46.6 Å². The third-order valence-corrected chi connectivity index (χ3v) is 5.16. The molecule has 154 valence electrons. The highest BCUT2D eigenvalue weighted by Crippen LogP contribution is 2.22. The zero-order chi connectivity index (χ0) is 21.0. The fraction of sp³-hybridized carbons (Fsp3) is 0.450. The van der Waals surface area contributed by atoms with Gasteiger partial charge in [-0.25, -0.2) is 0 Å². The fourth-order valence-electron chi connectivity index (χ4n) is 3.55. The number of carbonyl (C=O) groups excluding carboxylic acids is 2. The number of nitro groups is 1. The lowest BCUT2D eigenvalue weighted by Gasteiger charge is -2.15. The van der Waals surface area contributed by atoms with Gasteiger partial charge in [-0.1, -0.05) is 12.1 Å². The van der Waals surface area contributed by atoms with Gasteiger partial charge in [0.1, 0.15) is 11.4 Å². The SMILES string of the molecule is Cc1nn(Cc2ccc(C(=O)NCCC(=O)N3CCCC3)cc2)c(C)c1[N+](=O)[O-]. The molecule has 0 radical (unpaired) electrons. The Hall–Kier alpha value is -3.23. The molecule has 2 aromatic rings. The van der Waals surface area contributed by atoms with Gasteiger partial charge in [0.05, 0.1) is 11.5 Å². The van der Waals surface area contributed by atoms with E-state index in [-0.39, 0.29) is 17.5 Å². The summed E-state index contributed by atoms with van der Waals surface area (Å²) >= 11 is 0. The molecular formula is C20H25N5O4. The molecule has 29 heavy (non-hydrogen) atoms. The number of nitrogens with zero attached hydrogens (tertiary/aromatic N) is 4. The van der Waals surface area contributed by atoms with Crippen LogP contribution in [0, 0.1) is 24.0 Å². The molecule has 1 aromatic carbocycles. The molecule has 1 N–H and O–H groups in total. The lowest BCUT2D eigenvalue weighted by molar-refractivity contribution is -0.386. The van der Waals surface area contributed by atoms with Crippen LogP contribution in [0.15, 0.2) is 24.3 Å². The number of likely N-dealkylation sites (tertiary alicyclic amines) is 1. The molecule has 0 bridgehead atoms. The Kier molecular flexibility index (Phi) is 6.26. The average Bonchev–Trinajstić information content (AvgIpc) is 3.31. The number of hydrogen-bond donors (Lipinski definition) is 1. The third kappa shape index (κ3) is 4.79. The van der Waals surface area contributed by atoms with E-state index in [4.69, 9.17) is 0 Å². The van der Waals surface area contributed by atoms with E-state index in [1.54, 1.807) is 42.8 Å². The van der Waals surface area contributed by atoms with Crippen LogP contribution >= 0.6 is 0 Å². The van der Waals surface area contributed by atoms with Crippen molar-refractivity contribution in [1.82, 2.24) is 20.0 Å². The monoisotopic (exact) mass is 399 g/mol. The number of hydrogen-bond acceptors (Lipinski definition) is 5. The predicted octanol–water partition coefficient (Wildman–Crippen LogP) is 2.20. The lowest BCUT2D eigenvalue weighted by atomic mass is 10.1. The molecule has 0 unspecified atom stereocenters. The quantitative estimate of drug-likeness (QED) is 0.567. The van der Waals surface area contributed by atoms with Gasteiger partial charge in [0.25, 0.3) is 5.91 Å². The number of amides is 2. The molecule has 0 atom stereocenters. The molecule has 1 aliphatic rings. The van der Waals surface area contributed by atoms with Crippen molar-refractivity contribution < 1.29 is 14.5 Å². The van der Waals surface area contributed by atoms with Gasteiger partial charge in [-0.15, -0.1) is 0 Å². The van der Waals surface area contributed by atoms with Crippen LogP contribution in [0.2, 0.25) is 0 Å². The first kappa shape index (κ1) is 20.5. The van der Waals surface area contributed by atoms with E-state index in [2.05, 4.69) is 10.4 Å². The minimum Gasteiger partial charge on any atom is -0.352 e. The highest BCUT2D eigenvalue weighted by atomic mass is 16.6. The summed E-state index contributed by atoms with van der Waals surface area (Å²) in [6.45, 7) is 5.60. The molecule has 9 heteroatoms. The normalized spacial score (nSPS) is 13.5. The second-order valence-electron chi connectivity index (χ2n) is 7.22. The molecule has 0 aliphatic carbocycles. The van der Waals surface area contributed by atoms with Crippen molar-refractivity contribution in [1.29, 1.82) is 0 Å². The number of carbonyl (C=O) groups is 2. The highest BCUT2D eigenvalue weighted by molar-refractivity contribution is 5.94. The maximum absolute atomic E-state index is 12.3. The minimum atomic E-state index is -0.421. The first-order valence-electron chi connectivity index (χ1n) is 9.70. The van der Waals surface area contributed by atoms with Crippen molar-refractivity contribution in [3.05, 3.63) is 56.9 Å². The second-order valence-corrected chi connectivity index (χ2v) is 7.22. The van der Waals surface area contributed by atoms with E-state index >= 15 is 0 Å². The first-order chi connectivity index (χ1) is 13.9. The van der Waals surface area contributed by atoms with Gasteiger partial charge in [0.15, 0.2) is 0 Å². The van der Waals surface area contributed by atoms with Crippen LogP contribution in [-0.2, 0) is 11.3 Å². The van der Waals surface area contributed by atoms with E-state index in [9.17, 15) is 19.7 Å². The van der Waals surface area contributed by atoms with Crippen molar-refractivity contribution >= 4 is 17.5 Å². The molecular weight excluding hydrogens is 374 g/mol. The van der Waals surface area contributed by atoms with Crippen molar-refractivity contribution in [2.45, 2.75) is 39.7 Å². The van der Waals surface area contributed by atoms with Gasteiger partial charge < -0.3 is 10.2 Å². The summed E-state index contributed by atoms with van der Waals surface area (Å²) in [5.74, 6) is -0.148. The topological polar surface area (TPSA) is 110 Å². The van der Waals surface area contributed by atoms with Crippen LogP contribution in [-0.4, -0.2) is 51.1 Å². The summed E-state index contributed by atoms with van der Waals surface area (Å²) in [7, 11) is 0. The third-order valence-electron chi connectivity index (χ3n) is 5.16. The Morgan fingerprint density at radius 1 is 1.17 bits per heavy atom. The Morgan fingerprint density at radius 3 is 2.41 bits per heavy atom. The predicted molar refractivity (Wildman–Crippen MR) is 107 cm³/mol. The number of aryl methyl sites for hydroxylation is 1. The van der Waals surface area contributed by atoms with Crippen molar-refractivity contribution in [2.24, 2.45) is 0 Å². The molecule has 2 amide bonds. The summed E-state index contributed by atoms with van der Waals surface area (Å²) in [5, 5.41) is 18.1. The van der Waals surface area contributed by atoms with Gasteiger partial charge in [-0.05, 0) is 44.4 Å². The van der Waals surface area contributed by atoms with Crippen molar-refractivity contribution in [3.8, 4) is 0 Å². The second kappa shape index (κ2) is 8.85. The Morgan fingerprint density at radius 2 is 1.83 bits per heavy atom. The zero-order valence-corrected chi connectivity index (χ0v) is 16.7.